The van der Waals surface area contributed by atoms with Crippen LogP contribution in [0.4, 0.5) is 0 Å². The highest BCUT2D eigenvalue weighted by Gasteiger charge is 2.29. The minimum atomic E-state index is 0. The number of nitrogens with one attached hydrogen (secondary N) is 1. The molecule has 3 nitrogen and oxygen atoms in total. The summed E-state index contributed by atoms with van der Waals surface area (Å²) in [6, 6.07) is 1.06. The SMILES string of the molecule is Br.NC1=N[C@@H]2CCCC[C@H]2N1. The largest absolute Gasteiger partial charge is 0.370 e. The third kappa shape index (κ3) is 1.67. The van der Waals surface area contributed by atoms with Gasteiger partial charge in [-0.25, -0.2) is 4.99 Å². The van der Waals surface area contributed by atoms with Gasteiger partial charge < -0.3 is 11.1 Å². The molecule has 0 aromatic heterocycles. The standard InChI is InChI=1S/C7H13N3.BrH/c8-7-9-5-3-1-2-4-6(5)10-7;/h5-6H,1-4H2,(H3,8,9,10);1H/t5-,6-;/m1./s1. The fourth-order valence-electron chi connectivity index (χ4n) is 1.84. The zero-order valence-electron chi connectivity index (χ0n) is 6.42. The van der Waals surface area contributed by atoms with E-state index in [0.717, 1.165) is 0 Å². The highest BCUT2D eigenvalue weighted by molar-refractivity contribution is 8.93. The Hall–Kier alpha value is -0.250. The molecule has 1 aliphatic heterocycles. The Morgan fingerprint density at radius 3 is 2.82 bits per heavy atom. The average Bonchev–Trinajstić information content (AvgIpc) is 2.27. The van der Waals surface area contributed by atoms with Crippen molar-refractivity contribution in [3.8, 4) is 0 Å². The van der Waals surface area contributed by atoms with Crippen molar-refractivity contribution in [1.29, 1.82) is 0 Å². The van der Waals surface area contributed by atoms with E-state index in [4.69, 9.17) is 5.73 Å². The zero-order chi connectivity index (χ0) is 6.97. The first-order valence-corrected chi connectivity index (χ1v) is 3.96. The average molecular weight is 220 g/mol. The maximum Gasteiger partial charge on any atom is 0.189 e. The smallest absolute Gasteiger partial charge is 0.189 e. The fourth-order valence-corrected chi connectivity index (χ4v) is 1.84. The predicted octanol–water partition coefficient (Wildman–Crippen LogP) is 0.793. The summed E-state index contributed by atoms with van der Waals surface area (Å²) in [5, 5.41) is 3.18. The van der Waals surface area contributed by atoms with Crippen molar-refractivity contribution < 1.29 is 0 Å². The van der Waals surface area contributed by atoms with E-state index in [1.54, 1.807) is 0 Å². The molecule has 2 rings (SSSR count). The Balaban J connectivity index is 0.000000605. The quantitative estimate of drug-likeness (QED) is 0.634. The molecule has 11 heavy (non-hydrogen) atoms. The Morgan fingerprint density at radius 1 is 1.36 bits per heavy atom. The summed E-state index contributed by atoms with van der Waals surface area (Å²) in [4.78, 5) is 4.29. The minimum Gasteiger partial charge on any atom is -0.370 e. The molecular formula is C7H14BrN3. The second kappa shape index (κ2) is 3.43. The van der Waals surface area contributed by atoms with Gasteiger partial charge in [0.1, 0.15) is 0 Å². The van der Waals surface area contributed by atoms with Crippen LogP contribution in [0.3, 0.4) is 0 Å². The summed E-state index contributed by atoms with van der Waals surface area (Å²) in [5.41, 5.74) is 5.53. The minimum absolute atomic E-state index is 0. The number of guanidine groups is 1. The first-order valence-electron chi connectivity index (χ1n) is 3.96. The first kappa shape index (κ1) is 8.84. The van der Waals surface area contributed by atoms with E-state index < -0.39 is 0 Å². The maximum atomic E-state index is 5.53. The zero-order valence-corrected chi connectivity index (χ0v) is 8.13. The molecule has 0 aromatic rings. The summed E-state index contributed by atoms with van der Waals surface area (Å²) in [7, 11) is 0. The predicted molar refractivity (Wildman–Crippen MR) is 51.1 cm³/mol. The summed E-state index contributed by atoms with van der Waals surface area (Å²) < 4.78 is 0. The van der Waals surface area contributed by atoms with Crippen LogP contribution in [0.1, 0.15) is 25.7 Å². The molecule has 2 aliphatic rings. The van der Waals surface area contributed by atoms with E-state index in [-0.39, 0.29) is 17.0 Å². The molecule has 0 radical (unpaired) electrons. The van der Waals surface area contributed by atoms with Crippen LogP contribution in [0.15, 0.2) is 4.99 Å². The first-order chi connectivity index (χ1) is 4.86. The van der Waals surface area contributed by atoms with Gasteiger partial charge in [-0.2, -0.15) is 0 Å². The number of nitrogens with zero attached hydrogens (tertiary/aromatic N) is 1. The lowest BCUT2D eigenvalue weighted by Gasteiger charge is -2.22. The van der Waals surface area contributed by atoms with E-state index in [1.165, 1.54) is 25.7 Å². The molecule has 0 spiro atoms. The van der Waals surface area contributed by atoms with Crippen molar-refractivity contribution >= 4 is 22.9 Å². The normalized spacial score (nSPS) is 34.7. The molecule has 0 saturated heterocycles. The van der Waals surface area contributed by atoms with Crippen LogP contribution < -0.4 is 11.1 Å². The fraction of sp³-hybridized carbons (Fsp3) is 0.857. The van der Waals surface area contributed by atoms with Crippen LogP contribution in [0.25, 0.3) is 0 Å². The molecule has 3 N–H and O–H groups in total. The van der Waals surface area contributed by atoms with E-state index in [1.807, 2.05) is 0 Å². The van der Waals surface area contributed by atoms with Crippen LogP contribution in [0.5, 0.6) is 0 Å². The molecule has 1 aliphatic carbocycles. The lowest BCUT2D eigenvalue weighted by atomic mass is 9.92. The Labute approximate surface area is 77.2 Å². The molecule has 64 valence electrons. The van der Waals surface area contributed by atoms with E-state index in [2.05, 4.69) is 10.3 Å². The molecule has 0 amide bonds. The summed E-state index contributed by atoms with van der Waals surface area (Å²) in [5.74, 6) is 0.650. The van der Waals surface area contributed by atoms with Gasteiger partial charge in [0.25, 0.3) is 0 Å². The molecule has 0 bridgehead atoms. The topological polar surface area (TPSA) is 50.4 Å². The van der Waals surface area contributed by atoms with Gasteiger partial charge in [-0.15, -0.1) is 17.0 Å². The number of hydrogen-bond acceptors (Lipinski definition) is 3. The molecule has 1 fully saturated rings. The van der Waals surface area contributed by atoms with Gasteiger partial charge in [-0.05, 0) is 12.8 Å². The summed E-state index contributed by atoms with van der Waals surface area (Å²) in [6.45, 7) is 0. The molecule has 4 heteroatoms. The van der Waals surface area contributed by atoms with Gasteiger partial charge in [0, 0.05) is 0 Å². The molecule has 0 aromatic carbocycles. The third-order valence-corrected chi connectivity index (χ3v) is 2.37. The van der Waals surface area contributed by atoms with Gasteiger partial charge in [-0.1, -0.05) is 12.8 Å². The van der Waals surface area contributed by atoms with Crippen molar-refractivity contribution in [2.75, 3.05) is 0 Å². The van der Waals surface area contributed by atoms with Gasteiger partial charge >= 0.3 is 0 Å². The highest BCUT2D eigenvalue weighted by atomic mass is 79.9. The van der Waals surface area contributed by atoms with Crippen LogP contribution in [-0.2, 0) is 0 Å². The van der Waals surface area contributed by atoms with E-state index >= 15 is 0 Å². The Kier molecular flexibility index (Phi) is 2.76. The summed E-state index contributed by atoms with van der Waals surface area (Å²) >= 11 is 0. The molecular weight excluding hydrogens is 206 g/mol. The van der Waals surface area contributed by atoms with Crippen molar-refractivity contribution in [3.63, 3.8) is 0 Å². The number of hydrogen-bond donors (Lipinski definition) is 2. The number of rotatable bonds is 0. The second-order valence-corrected chi connectivity index (χ2v) is 3.12. The number of aliphatic imine (C=N–C) groups is 1. The third-order valence-electron chi connectivity index (χ3n) is 2.37. The summed E-state index contributed by atoms with van der Waals surface area (Å²) in [6.07, 6.45) is 5.11. The van der Waals surface area contributed by atoms with E-state index in [0.29, 0.717) is 18.0 Å². The van der Waals surface area contributed by atoms with Gasteiger partial charge in [0.15, 0.2) is 5.96 Å². The van der Waals surface area contributed by atoms with Gasteiger partial charge in [-0.3, -0.25) is 0 Å². The van der Waals surface area contributed by atoms with Crippen LogP contribution >= 0.6 is 17.0 Å². The Bertz CT molecular complexity index is 169. The Morgan fingerprint density at radius 2 is 2.09 bits per heavy atom. The second-order valence-electron chi connectivity index (χ2n) is 3.12. The maximum absolute atomic E-state index is 5.53. The van der Waals surface area contributed by atoms with Crippen molar-refractivity contribution in [2.45, 2.75) is 37.8 Å². The van der Waals surface area contributed by atoms with Crippen LogP contribution in [0.2, 0.25) is 0 Å². The highest BCUT2D eigenvalue weighted by Crippen LogP contribution is 2.23. The lowest BCUT2D eigenvalue weighted by molar-refractivity contribution is 0.384. The molecule has 1 saturated carbocycles. The molecule has 1 heterocycles. The van der Waals surface area contributed by atoms with Gasteiger partial charge in [0.2, 0.25) is 0 Å². The van der Waals surface area contributed by atoms with Gasteiger partial charge in [0.05, 0.1) is 12.1 Å². The molecule has 2 atom stereocenters. The molecule has 0 unspecified atom stereocenters. The number of halogens is 1. The van der Waals surface area contributed by atoms with E-state index in [9.17, 15) is 0 Å². The van der Waals surface area contributed by atoms with Crippen LogP contribution in [-0.4, -0.2) is 18.0 Å². The van der Waals surface area contributed by atoms with Crippen LogP contribution in [0, 0.1) is 0 Å². The van der Waals surface area contributed by atoms with Crippen molar-refractivity contribution in [1.82, 2.24) is 5.32 Å². The van der Waals surface area contributed by atoms with Crippen molar-refractivity contribution in [3.05, 3.63) is 0 Å². The lowest BCUT2D eigenvalue weighted by Crippen LogP contribution is -2.39. The monoisotopic (exact) mass is 219 g/mol. The number of nitrogens with two attached hydrogens (primary N) is 1. The van der Waals surface area contributed by atoms with Crippen molar-refractivity contribution in [2.24, 2.45) is 10.7 Å². The number of fused-ring (bicyclic) bond motifs is 1.